The predicted molar refractivity (Wildman–Crippen MR) is 82.5 cm³/mol. The van der Waals surface area contributed by atoms with Crippen molar-refractivity contribution in [3.05, 3.63) is 47.2 Å². The Morgan fingerprint density at radius 1 is 1.33 bits per heavy atom. The topological polar surface area (TPSA) is 125 Å². The smallest absolute Gasteiger partial charge is 0.377 e. The van der Waals surface area contributed by atoms with Gasteiger partial charge >= 0.3 is 11.9 Å². The maximum absolute atomic E-state index is 12.2. The Bertz CT molecular complexity index is 698. The first-order valence-electron chi connectivity index (χ1n) is 7.33. The summed E-state index contributed by atoms with van der Waals surface area (Å²) in [7, 11) is 0. The van der Waals surface area contributed by atoms with E-state index in [2.05, 4.69) is 5.16 Å². The molecule has 0 amide bonds. The second kappa shape index (κ2) is 8.11. The minimum atomic E-state index is -1.22. The van der Waals surface area contributed by atoms with E-state index >= 15 is 0 Å². The molecule has 8 heteroatoms. The molecule has 24 heavy (non-hydrogen) atoms. The number of aliphatic carboxylic acids is 1. The summed E-state index contributed by atoms with van der Waals surface area (Å²) in [5, 5.41) is 12.6. The average molecular weight is 334 g/mol. The Balaban J connectivity index is 2.15. The van der Waals surface area contributed by atoms with E-state index in [4.69, 9.17) is 24.8 Å². The number of ether oxygens (including phenoxy) is 2. The van der Waals surface area contributed by atoms with E-state index in [1.54, 1.807) is 19.1 Å². The summed E-state index contributed by atoms with van der Waals surface area (Å²) in [6, 6.07) is 7.89. The number of esters is 1. The molecule has 0 aliphatic carbocycles. The van der Waals surface area contributed by atoms with Crippen LogP contribution in [0, 0.1) is 0 Å². The van der Waals surface area contributed by atoms with Crippen LogP contribution in [-0.4, -0.2) is 34.9 Å². The van der Waals surface area contributed by atoms with Gasteiger partial charge in [-0.15, -0.1) is 0 Å². The Hall–Kier alpha value is -2.87. The third-order valence-corrected chi connectivity index (χ3v) is 3.17. The summed E-state index contributed by atoms with van der Waals surface area (Å²) in [6.45, 7) is 2.05. The summed E-state index contributed by atoms with van der Waals surface area (Å²) in [4.78, 5) is 23.2. The summed E-state index contributed by atoms with van der Waals surface area (Å²) >= 11 is 0. The van der Waals surface area contributed by atoms with Gasteiger partial charge in [0, 0.05) is 6.42 Å². The van der Waals surface area contributed by atoms with Gasteiger partial charge in [-0.1, -0.05) is 30.3 Å². The monoisotopic (exact) mass is 334 g/mol. The molecule has 1 unspecified atom stereocenters. The van der Waals surface area contributed by atoms with Crippen LogP contribution in [0.2, 0.25) is 0 Å². The molecule has 0 saturated heterocycles. The van der Waals surface area contributed by atoms with Crippen molar-refractivity contribution in [2.75, 3.05) is 6.61 Å². The van der Waals surface area contributed by atoms with Crippen molar-refractivity contribution in [3.8, 4) is 5.88 Å². The molecule has 8 nitrogen and oxygen atoms in total. The van der Waals surface area contributed by atoms with Gasteiger partial charge in [0.2, 0.25) is 0 Å². The quantitative estimate of drug-likeness (QED) is 0.694. The van der Waals surface area contributed by atoms with Crippen LogP contribution in [0.4, 0.5) is 0 Å². The summed E-state index contributed by atoms with van der Waals surface area (Å²) in [5.41, 5.74) is 6.52. The summed E-state index contributed by atoms with van der Waals surface area (Å²) in [6.07, 6.45) is -0.163. The van der Waals surface area contributed by atoms with E-state index in [0.717, 1.165) is 5.56 Å². The molecule has 1 aromatic heterocycles. The van der Waals surface area contributed by atoms with Crippen molar-refractivity contribution in [1.82, 2.24) is 5.16 Å². The molecule has 0 spiro atoms. The number of carboxylic acid groups (broad SMARTS) is 1. The number of carboxylic acids is 1. The van der Waals surface area contributed by atoms with Gasteiger partial charge in [-0.3, -0.25) is 4.79 Å². The molecule has 1 atom stereocenters. The number of hydrogen-bond acceptors (Lipinski definition) is 7. The number of hydrogen-bond donors (Lipinski definition) is 2. The average Bonchev–Trinajstić information content (AvgIpc) is 2.96. The Morgan fingerprint density at radius 2 is 2.04 bits per heavy atom. The molecule has 2 aromatic rings. The van der Waals surface area contributed by atoms with Gasteiger partial charge in [-0.05, 0) is 17.6 Å². The number of nitrogens with zero attached hydrogens (tertiary/aromatic N) is 1. The van der Waals surface area contributed by atoms with Gasteiger partial charge in [0.05, 0.1) is 12.2 Å². The standard InChI is InChI=1S/C16H18N2O6/c1-2-22-14-11(8-12(17)15(19)20)13(24-18-14)16(21)23-9-10-6-4-3-5-7-10/h3-7,12H,2,8-9,17H2,1H3,(H,19,20). The first-order chi connectivity index (χ1) is 11.5. The zero-order chi connectivity index (χ0) is 17.5. The number of nitrogens with two attached hydrogens (primary N) is 1. The maximum Gasteiger partial charge on any atom is 0.377 e. The lowest BCUT2D eigenvalue weighted by atomic mass is 10.1. The lowest BCUT2D eigenvalue weighted by molar-refractivity contribution is -0.138. The molecule has 128 valence electrons. The first-order valence-corrected chi connectivity index (χ1v) is 7.33. The molecular formula is C16H18N2O6. The predicted octanol–water partition coefficient (Wildman–Crippen LogP) is 1.38. The molecule has 0 saturated carbocycles. The molecule has 1 heterocycles. The Kier molecular flexibility index (Phi) is 5.91. The lowest BCUT2D eigenvalue weighted by Crippen LogP contribution is -2.32. The first kappa shape index (κ1) is 17.5. The zero-order valence-electron chi connectivity index (χ0n) is 13.1. The van der Waals surface area contributed by atoms with Crippen molar-refractivity contribution >= 4 is 11.9 Å². The van der Waals surface area contributed by atoms with Gasteiger partial charge in [-0.2, -0.15) is 0 Å². The van der Waals surface area contributed by atoms with E-state index in [1.807, 2.05) is 18.2 Å². The third-order valence-electron chi connectivity index (χ3n) is 3.17. The van der Waals surface area contributed by atoms with E-state index in [0.29, 0.717) is 0 Å². The molecule has 0 aliphatic rings. The molecule has 1 aromatic carbocycles. The Labute approximate surface area is 138 Å². The van der Waals surface area contributed by atoms with Crippen LogP contribution in [0.5, 0.6) is 5.88 Å². The van der Waals surface area contributed by atoms with Crippen LogP contribution < -0.4 is 10.5 Å². The van der Waals surface area contributed by atoms with Crippen LogP contribution in [0.3, 0.4) is 0 Å². The minimum absolute atomic E-state index is 0.0425. The van der Waals surface area contributed by atoms with E-state index in [9.17, 15) is 9.59 Å². The summed E-state index contributed by atoms with van der Waals surface area (Å²) < 4.78 is 15.4. The number of rotatable bonds is 8. The van der Waals surface area contributed by atoms with Gasteiger partial charge in [0.25, 0.3) is 11.6 Å². The van der Waals surface area contributed by atoms with Crippen LogP contribution in [-0.2, 0) is 22.6 Å². The third kappa shape index (κ3) is 4.32. The highest BCUT2D eigenvalue weighted by Crippen LogP contribution is 2.24. The molecule has 3 N–H and O–H groups in total. The van der Waals surface area contributed by atoms with Crippen LogP contribution in [0.25, 0.3) is 0 Å². The lowest BCUT2D eigenvalue weighted by Gasteiger charge is -2.08. The second-order valence-electron chi connectivity index (χ2n) is 4.94. The van der Waals surface area contributed by atoms with Crippen molar-refractivity contribution in [2.24, 2.45) is 5.73 Å². The van der Waals surface area contributed by atoms with E-state index in [-0.39, 0.29) is 36.8 Å². The van der Waals surface area contributed by atoms with Crippen LogP contribution >= 0.6 is 0 Å². The molecule has 0 fully saturated rings. The number of carbonyl (C=O) groups excluding carboxylic acids is 1. The second-order valence-corrected chi connectivity index (χ2v) is 4.94. The number of carbonyl (C=O) groups is 2. The van der Waals surface area contributed by atoms with Crippen LogP contribution in [0.1, 0.15) is 28.6 Å². The van der Waals surface area contributed by atoms with Crippen LogP contribution in [0.15, 0.2) is 34.9 Å². The normalized spacial score (nSPS) is 11.8. The minimum Gasteiger partial charge on any atom is -0.480 e. The van der Waals surface area contributed by atoms with E-state index < -0.39 is 18.0 Å². The summed E-state index contributed by atoms with van der Waals surface area (Å²) in [5.74, 6) is -2.13. The van der Waals surface area contributed by atoms with Gasteiger partial charge in [0.1, 0.15) is 12.6 Å². The Morgan fingerprint density at radius 3 is 2.67 bits per heavy atom. The molecule has 0 aliphatic heterocycles. The van der Waals surface area contributed by atoms with Crippen molar-refractivity contribution in [2.45, 2.75) is 26.0 Å². The van der Waals surface area contributed by atoms with Gasteiger partial charge in [-0.25, -0.2) is 4.79 Å². The van der Waals surface area contributed by atoms with Gasteiger partial charge in [0.15, 0.2) is 0 Å². The van der Waals surface area contributed by atoms with Crippen molar-refractivity contribution in [1.29, 1.82) is 0 Å². The maximum atomic E-state index is 12.2. The fourth-order valence-corrected chi connectivity index (χ4v) is 1.98. The fraction of sp³-hybridized carbons (Fsp3) is 0.312. The number of aromatic nitrogens is 1. The SMILES string of the molecule is CCOc1noc(C(=O)OCc2ccccc2)c1CC(N)C(=O)O. The zero-order valence-corrected chi connectivity index (χ0v) is 13.1. The van der Waals surface area contributed by atoms with Crippen molar-refractivity contribution < 1.29 is 28.7 Å². The fourth-order valence-electron chi connectivity index (χ4n) is 1.98. The molecular weight excluding hydrogens is 316 g/mol. The van der Waals surface area contributed by atoms with Crippen molar-refractivity contribution in [3.63, 3.8) is 0 Å². The number of benzene rings is 1. The van der Waals surface area contributed by atoms with E-state index in [1.165, 1.54) is 0 Å². The highest BCUT2D eigenvalue weighted by atomic mass is 16.6. The highest BCUT2D eigenvalue weighted by Gasteiger charge is 2.28. The largest absolute Gasteiger partial charge is 0.480 e. The molecule has 2 rings (SSSR count). The van der Waals surface area contributed by atoms with Gasteiger partial charge < -0.3 is 24.8 Å². The molecule has 0 radical (unpaired) electrons. The highest BCUT2D eigenvalue weighted by molar-refractivity contribution is 5.89. The molecule has 0 bridgehead atoms.